The Morgan fingerprint density at radius 2 is 0.936 bits per heavy atom. The molecule has 3 atom stereocenters. The van der Waals surface area contributed by atoms with E-state index >= 15 is 0 Å². The Morgan fingerprint density at radius 3 is 1.34 bits per heavy atom. The molecule has 276 valence electrons. The number of ether oxygens (including phenoxy) is 2. The minimum atomic E-state index is -4.62. The van der Waals surface area contributed by atoms with Crippen molar-refractivity contribution in [2.75, 3.05) is 26.4 Å². The lowest BCUT2D eigenvalue weighted by molar-refractivity contribution is -0.153. The molecule has 0 aromatic heterocycles. The summed E-state index contributed by atoms with van der Waals surface area (Å²) in [5, 5.41) is 19.0. The predicted octanol–water partition coefficient (Wildman–Crippen LogP) is 8.66. The lowest BCUT2D eigenvalue weighted by Crippen LogP contribution is -2.28. The van der Waals surface area contributed by atoms with Gasteiger partial charge in [-0.05, 0) is 44.9 Å². The van der Waals surface area contributed by atoms with Crippen LogP contribution in [0.25, 0.3) is 0 Å². The van der Waals surface area contributed by atoms with Crippen LogP contribution in [0.4, 0.5) is 0 Å². The highest BCUT2D eigenvalue weighted by Gasteiger charge is 2.27. The largest absolute Gasteiger partial charge is 0.472 e. The van der Waals surface area contributed by atoms with Gasteiger partial charge in [0.15, 0.2) is 0 Å². The van der Waals surface area contributed by atoms with E-state index in [1.807, 2.05) is 0 Å². The number of hydrogen-bond donors (Lipinski definition) is 3. The van der Waals surface area contributed by atoms with Crippen molar-refractivity contribution < 1.29 is 47.8 Å². The molecule has 0 aromatic carbocycles. The first-order chi connectivity index (χ1) is 22.8. The van der Waals surface area contributed by atoms with Crippen LogP contribution in [-0.4, -0.2) is 65.7 Å². The number of carbonyl (C=O) groups excluding carboxylic acids is 2. The molecule has 0 spiro atoms. The number of allylic oxidation sites excluding steroid dienone is 4. The van der Waals surface area contributed by atoms with Crippen LogP contribution < -0.4 is 0 Å². The van der Waals surface area contributed by atoms with Crippen LogP contribution in [-0.2, 0) is 32.7 Å². The molecule has 0 aliphatic heterocycles. The molecule has 0 bridgehead atoms. The van der Waals surface area contributed by atoms with Crippen molar-refractivity contribution in [1.29, 1.82) is 0 Å². The molecular formula is C36H67O10P. The van der Waals surface area contributed by atoms with Gasteiger partial charge in [0.2, 0.25) is 0 Å². The third-order valence-corrected chi connectivity index (χ3v) is 8.62. The van der Waals surface area contributed by atoms with Crippen LogP contribution in [0.1, 0.15) is 155 Å². The molecule has 0 amide bonds. The molecule has 10 nitrogen and oxygen atoms in total. The SMILES string of the molecule is CCCCCC/C=C\C/C=C\CCCCCCCCCC(=O)OC(CO)COP(=O)(O)OCC(CO)OC(=O)CCCCCCCC. The fourth-order valence-corrected chi connectivity index (χ4v) is 5.57. The Labute approximate surface area is 285 Å². The first-order valence-corrected chi connectivity index (χ1v) is 19.8. The zero-order valence-corrected chi connectivity index (χ0v) is 30.4. The molecule has 47 heavy (non-hydrogen) atoms. The van der Waals surface area contributed by atoms with Gasteiger partial charge in [-0.2, -0.15) is 0 Å². The number of unbranched alkanes of at least 4 members (excludes halogenated alkanes) is 16. The van der Waals surface area contributed by atoms with Gasteiger partial charge in [0.1, 0.15) is 12.2 Å². The number of esters is 2. The van der Waals surface area contributed by atoms with Crippen LogP contribution in [0.3, 0.4) is 0 Å². The number of aliphatic hydroxyl groups is 2. The Hall–Kier alpha value is -1.55. The van der Waals surface area contributed by atoms with Gasteiger partial charge in [0, 0.05) is 12.8 Å². The number of hydrogen-bond acceptors (Lipinski definition) is 9. The van der Waals surface area contributed by atoms with Gasteiger partial charge < -0.3 is 24.6 Å². The maximum atomic E-state index is 12.2. The average molecular weight is 691 g/mol. The minimum absolute atomic E-state index is 0.185. The second-order valence-electron chi connectivity index (χ2n) is 12.2. The van der Waals surface area contributed by atoms with Crippen molar-refractivity contribution in [2.24, 2.45) is 0 Å². The van der Waals surface area contributed by atoms with E-state index in [-0.39, 0.29) is 12.8 Å². The quantitative estimate of drug-likeness (QED) is 0.0259. The van der Waals surface area contributed by atoms with Crippen molar-refractivity contribution in [1.82, 2.24) is 0 Å². The van der Waals surface area contributed by atoms with Gasteiger partial charge in [-0.3, -0.25) is 18.6 Å². The summed E-state index contributed by atoms with van der Waals surface area (Å²) < 4.78 is 32.2. The maximum Gasteiger partial charge on any atom is 0.472 e. The maximum absolute atomic E-state index is 12.2. The van der Waals surface area contributed by atoms with Crippen LogP contribution in [0.5, 0.6) is 0 Å². The standard InChI is InChI=1S/C36H67O10P/c1-3-5-7-9-11-12-13-14-15-16-17-18-19-20-21-22-24-26-28-36(40)46-34(30-38)32-44-47(41,42)43-31-33(29-37)45-35(39)27-25-23-10-8-6-4-2/h12-13,15-16,33-34,37-38H,3-11,14,17-32H2,1-2H3,(H,41,42)/b13-12-,16-15-. The summed E-state index contributed by atoms with van der Waals surface area (Å²) in [5.41, 5.74) is 0. The number of phosphoric ester groups is 1. The van der Waals surface area contributed by atoms with Gasteiger partial charge in [-0.25, -0.2) is 4.57 Å². The first-order valence-electron chi connectivity index (χ1n) is 18.3. The first kappa shape index (κ1) is 45.5. The summed E-state index contributed by atoms with van der Waals surface area (Å²) in [6.45, 7) is 2.08. The minimum Gasteiger partial charge on any atom is -0.457 e. The molecular weight excluding hydrogens is 623 g/mol. The van der Waals surface area contributed by atoms with Gasteiger partial charge in [-0.1, -0.05) is 122 Å². The van der Waals surface area contributed by atoms with Crippen molar-refractivity contribution in [3.8, 4) is 0 Å². The number of rotatable bonds is 34. The molecule has 11 heteroatoms. The highest BCUT2D eigenvalue weighted by molar-refractivity contribution is 7.47. The van der Waals surface area contributed by atoms with E-state index in [9.17, 15) is 29.3 Å². The van der Waals surface area contributed by atoms with Crippen molar-refractivity contribution >= 4 is 19.8 Å². The molecule has 0 aliphatic rings. The summed E-state index contributed by atoms with van der Waals surface area (Å²) in [6.07, 6.45) is 29.1. The lowest BCUT2D eigenvalue weighted by atomic mass is 10.1. The Kier molecular flexibility index (Phi) is 31.9. The van der Waals surface area contributed by atoms with Gasteiger partial charge in [0.25, 0.3) is 0 Å². The van der Waals surface area contributed by atoms with Crippen LogP contribution in [0.2, 0.25) is 0 Å². The Balaban J connectivity index is 3.94. The van der Waals surface area contributed by atoms with E-state index in [0.717, 1.165) is 64.2 Å². The van der Waals surface area contributed by atoms with Gasteiger partial charge in [0.05, 0.1) is 26.4 Å². The number of aliphatic hydroxyl groups excluding tert-OH is 2. The zero-order chi connectivity index (χ0) is 34.9. The fourth-order valence-electron chi connectivity index (χ4n) is 4.79. The van der Waals surface area contributed by atoms with E-state index in [1.165, 1.54) is 51.4 Å². The monoisotopic (exact) mass is 690 g/mol. The molecule has 3 unspecified atom stereocenters. The van der Waals surface area contributed by atoms with Crippen molar-refractivity contribution in [3.05, 3.63) is 24.3 Å². The summed E-state index contributed by atoms with van der Waals surface area (Å²) in [5.74, 6) is -1.04. The highest BCUT2D eigenvalue weighted by Crippen LogP contribution is 2.43. The van der Waals surface area contributed by atoms with E-state index < -0.39 is 58.4 Å². The number of phosphoric acid groups is 1. The molecule has 0 heterocycles. The summed E-state index contributed by atoms with van der Waals surface area (Å²) in [6, 6.07) is 0. The van der Waals surface area contributed by atoms with Gasteiger partial charge >= 0.3 is 19.8 Å². The normalized spacial score (nSPS) is 14.4. The van der Waals surface area contributed by atoms with E-state index in [0.29, 0.717) is 12.8 Å². The molecule has 0 radical (unpaired) electrons. The molecule has 0 fully saturated rings. The Bertz CT molecular complexity index is 848. The van der Waals surface area contributed by atoms with Crippen LogP contribution >= 0.6 is 7.82 Å². The van der Waals surface area contributed by atoms with E-state index in [2.05, 4.69) is 38.2 Å². The molecule has 0 saturated carbocycles. The molecule has 3 N–H and O–H groups in total. The van der Waals surface area contributed by atoms with Crippen molar-refractivity contribution in [2.45, 2.75) is 167 Å². The van der Waals surface area contributed by atoms with Crippen molar-refractivity contribution in [3.63, 3.8) is 0 Å². The molecule has 0 rings (SSSR count). The molecule has 0 aromatic rings. The third kappa shape index (κ3) is 31.5. The fraction of sp³-hybridized carbons (Fsp3) is 0.833. The van der Waals surface area contributed by atoms with Crippen LogP contribution in [0, 0.1) is 0 Å². The molecule has 0 aliphatic carbocycles. The summed E-state index contributed by atoms with van der Waals surface area (Å²) >= 11 is 0. The smallest absolute Gasteiger partial charge is 0.457 e. The van der Waals surface area contributed by atoms with Gasteiger partial charge in [-0.15, -0.1) is 0 Å². The average Bonchev–Trinajstić information content (AvgIpc) is 3.06. The summed E-state index contributed by atoms with van der Waals surface area (Å²) in [7, 11) is -4.62. The predicted molar refractivity (Wildman–Crippen MR) is 187 cm³/mol. The zero-order valence-electron chi connectivity index (χ0n) is 29.5. The third-order valence-electron chi connectivity index (χ3n) is 7.67. The topological polar surface area (TPSA) is 149 Å². The van der Waals surface area contributed by atoms with E-state index in [1.54, 1.807) is 0 Å². The summed E-state index contributed by atoms with van der Waals surface area (Å²) in [4.78, 5) is 34.1. The second-order valence-corrected chi connectivity index (χ2v) is 13.7. The lowest BCUT2D eigenvalue weighted by Gasteiger charge is -2.20. The highest BCUT2D eigenvalue weighted by atomic mass is 31.2. The second kappa shape index (κ2) is 33.0. The van der Waals surface area contributed by atoms with Crippen LogP contribution in [0.15, 0.2) is 24.3 Å². The Morgan fingerprint density at radius 1 is 0.574 bits per heavy atom. The van der Waals surface area contributed by atoms with E-state index in [4.69, 9.17) is 18.5 Å². The molecule has 0 saturated heterocycles. The number of carbonyl (C=O) groups is 2.